The highest BCUT2D eigenvalue weighted by Gasteiger charge is 2.22. The Morgan fingerprint density at radius 3 is 1.94 bits per heavy atom. The zero-order valence-corrected chi connectivity index (χ0v) is 18.2. The molecule has 0 aliphatic heterocycles. The van der Waals surface area contributed by atoms with Crippen LogP contribution in [-0.2, 0) is 0 Å². The summed E-state index contributed by atoms with van der Waals surface area (Å²) >= 11 is 0. The number of ketones is 2. The van der Waals surface area contributed by atoms with Crippen molar-refractivity contribution in [2.45, 2.75) is 0 Å². The number of benzene rings is 3. The monoisotopic (exact) mass is 430 g/mol. The molecule has 0 radical (unpaired) electrons. The van der Waals surface area contributed by atoms with Gasteiger partial charge in [-0.3, -0.25) is 9.59 Å². The van der Waals surface area contributed by atoms with E-state index in [1.54, 1.807) is 62.8 Å². The van der Waals surface area contributed by atoms with Crippen molar-refractivity contribution in [2.75, 3.05) is 28.4 Å². The number of carbonyl (C=O) groups is 2. The minimum absolute atomic E-state index is 0.202. The van der Waals surface area contributed by atoms with E-state index in [4.69, 9.17) is 18.9 Å². The van der Waals surface area contributed by atoms with E-state index in [0.29, 0.717) is 34.1 Å². The van der Waals surface area contributed by atoms with E-state index in [0.717, 1.165) is 0 Å². The van der Waals surface area contributed by atoms with Gasteiger partial charge in [-0.05, 0) is 42.5 Å². The summed E-state index contributed by atoms with van der Waals surface area (Å²) in [5.41, 5.74) is 1.50. The summed E-state index contributed by atoms with van der Waals surface area (Å²) in [7, 11) is 6.07. The molecule has 3 rings (SSSR count). The SMILES string of the molecule is COc1cc(C#Cc2ccccc2C(=O)C(=O)c2ccc(OC)c(OC)c2)cc(OC)c1. The summed E-state index contributed by atoms with van der Waals surface area (Å²) < 4.78 is 20.9. The van der Waals surface area contributed by atoms with Gasteiger partial charge >= 0.3 is 0 Å². The highest BCUT2D eigenvalue weighted by molar-refractivity contribution is 6.49. The van der Waals surface area contributed by atoms with Gasteiger partial charge in [-0.25, -0.2) is 0 Å². The number of methoxy groups -OCH3 is 4. The number of Topliss-reactive ketones (excluding diaryl/α,β-unsaturated/α-hetero) is 2. The minimum Gasteiger partial charge on any atom is -0.497 e. The largest absolute Gasteiger partial charge is 0.497 e. The summed E-state index contributed by atoms with van der Waals surface area (Å²) in [5.74, 6) is 6.70. The quantitative estimate of drug-likeness (QED) is 0.318. The lowest BCUT2D eigenvalue weighted by molar-refractivity contribution is 0.0816. The van der Waals surface area contributed by atoms with Crippen LogP contribution in [0.4, 0.5) is 0 Å². The van der Waals surface area contributed by atoms with Crippen LogP contribution in [-0.4, -0.2) is 40.0 Å². The van der Waals surface area contributed by atoms with Gasteiger partial charge in [0.05, 0.1) is 28.4 Å². The Kier molecular flexibility index (Phi) is 7.14. The third kappa shape index (κ3) is 4.90. The lowest BCUT2D eigenvalue weighted by Crippen LogP contribution is -2.16. The topological polar surface area (TPSA) is 71.1 Å². The third-order valence-electron chi connectivity index (χ3n) is 4.72. The van der Waals surface area contributed by atoms with Crippen LogP contribution in [0.25, 0.3) is 0 Å². The summed E-state index contributed by atoms with van der Waals surface area (Å²) in [6.07, 6.45) is 0. The smallest absolute Gasteiger partial charge is 0.234 e. The van der Waals surface area contributed by atoms with Gasteiger partial charge in [-0.2, -0.15) is 0 Å². The Labute approximate surface area is 186 Å². The first kappa shape index (κ1) is 22.4. The van der Waals surface area contributed by atoms with Crippen LogP contribution in [0.15, 0.2) is 60.7 Å². The van der Waals surface area contributed by atoms with Crippen molar-refractivity contribution in [2.24, 2.45) is 0 Å². The fourth-order valence-electron chi connectivity index (χ4n) is 3.04. The molecule has 6 nitrogen and oxygen atoms in total. The van der Waals surface area contributed by atoms with Crippen molar-refractivity contribution in [3.63, 3.8) is 0 Å². The summed E-state index contributed by atoms with van der Waals surface area (Å²) in [4.78, 5) is 25.9. The molecule has 0 saturated carbocycles. The zero-order valence-electron chi connectivity index (χ0n) is 18.2. The molecule has 0 spiro atoms. The average molecular weight is 430 g/mol. The lowest BCUT2D eigenvalue weighted by Gasteiger charge is -2.09. The van der Waals surface area contributed by atoms with E-state index in [-0.39, 0.29) is 11.1 Å². The molecule has 0 aliphatic rings. The summed E-state index contributed by atoms with van der Waals surface area (Å²) in [6.45, 7) is 0. The first-order chi connectivity index (χ1) is 15.5. The highest BCUT2D eigenvalue weighted by Crippen LogP contribution is 2.28. The van der Waals surface area contributed by atoms with Gasteiger partial charge in [0, 0.05) is 28.3 Å². The van der Waals surface area contributed by atoms with Crippen LogP contribution in [0.5, 0.6) is 23.0 Å². The van der Waals surface area contributed by atoms with Crippen molar-refractivity contribution < 1.29 is 28.5 Å². The maximum absolute atomic E-state index is 13.0. The Hall–Kier alpha value is -4.24. The Morgan fingerprint density at radius 2 is 1.31 bits per heavy atom. The first-order valence-electron chi connectivity index (χ1n) is 9.66. The number of hydrogen-bond donors (Lipinski definition) is 0. The Balaban J connectivity index is 1.95. The van der Waals surface area contributed by atoms with Gasteiger partial charge in [-0.1, -0.05) is 24.0 Å². The average Bonchev–Trinajstić information content (AvgIpc) is 2.85. The van der Waals surface area contributed by atoms with Gasteiger partial charge in [0.1, 0.15) is 11.5 Å². The van der Waals surface area contributed by atoms with Gasteiger partial charge in [0.2, 0.25) is 11.6 Å². The van der Waals surface area contributed by atoms with Crippen molar-refractivity contribution in [3.05, 3.63) is 82.9 Å². The molecule has 0 heterocycles. The van der Waals surface area contributed by atoms with Crippen LogP contribution in [0.1, 0.15) is 31.8 Å². The zero-order chi connectivity index (χ0) is 23.1. The molecule has 0 amide bonds. The molecule has 0 aliphatic carbocycles. The normalized spacial score (nSPS) is 9.88. The van der Waals surface area contributed by atoms with Crippen molar-refractivity contribution >= 4 is 11.6 Å². The predicted octanol–water partition coefficient (Wildman–Crippen LogP) is 4.19. The second-order valence-corrected chi connectivity index (χ2v) is 6.62. The Morgan fingerprint density at radius 1 is 0.656 bits per heavy atom. The van der Waals surface area contributed by atoms with E-state index in [2.05, 4.69) is 11.8 Å². The molecule has 6 heteroatoms. The molecule has 3 aromatic carbocycles. The van der Waals surface area contributed by atoms with Gasteiger partial charge in [-0.15, -0.1) is 0 Å². The molecule has 0 aromatic heterocycles. The van der Waals surface area contributed by atoms with E-state index >= 15 is 0 Å². The van der Waals surface area contributed by atoms with Crippen molar-refractivity contribution in [1.29, 1.82) is 0 Å². The molecule has 0 N–H and O–H groups in total. The van der Waals surface area contributed by atoms with E-state index < -0.39 is 11.6 Å². The van der Waals surface area contributed by atoms with Crippen molar-refractivity contribution in [3.8, 4) is 34.8 Å². The fraction of sp³-hybridized carbons (Fsp3) is 0.154. The molecule has 0 atom stereocenters. The van der Waals surface area contributed by atoms with Gasteiger partial charge in [0.25, 0.3) is 0 Å². The molecule has 0 fully saturated rings. The highest BCUT2D eigenvalue weighted by atomic mass is 16.5. The molecule has 3 aromatic rings. The summed E-state index contributed by atoms with van der Waals surface area (Å²) in [6, 6.07) is 16.6. The number of rotatable bonds is 7. The number of hydrogen-bond acceptors (Lipinski definition) is 6. The number of carbonyl (C=O) groups excluding carboxylic acids is 2. The second kappa shape index (κ2) is 10.2. The van der Waals surface area contributed by atoms with Crippen LogP contribution in [0.3, 0.4) is 0 Å². The molecule has 0 bridgehead atoms. The minimum atomic E-state index is -0.664. The summed E-state index contributed by atoms with van der Waals surface area (Å²) in [5, 5.41) is 0. The molecule has 162 valence electrons. The number of ether oxygens (including phenoxy) is 4. The maximum Gasteiger partial charge on any atom is 0.234 e. The van der Waals surface area contributed by atoms with E-state index in [1.165, 1.54) is 26.4 Å². The molecular formula is C26H22O6. The second-order valence-electron chi connectivity index (χ2n) is 6.62. The first-order valence-corrected chi connectivity index (χ1v) is 9.66. The molecular weight excluding hydrogens is 408 g/mol. The molecule has 32 heavy (non-hydrogen) atoms. The molecule has 0 saturated heterocycles. The van der Waals surface area contributed by atoms with Gasteiger partial charge in [0.15, 0.2) is 11.5 Å². The van der Waals surface area contributed by atoms with Crippen LogP contribution in [0.2, 0.25) is 0 Å². The van der Waals surface area contributed by atoms with Gasteiger partial charge < -0.3 is 18.9 Å². The Bertz CT molecular complexity index is 1190. The predicted molar refractivity (Wildman–Crippen MR) is 120 cm³/mol. The van der Waals surface area contributed by atoms with Crippen molar-refractivity contribution in [1.82, 2.24) is 0 Å². The van der Waals surface area contributed by atoms with Crippen LogP contribution >= 0.6 is 0 Å². The fourth-order valence-corrected chi connectivity index (χ4v) is 3.04. The van der Waals surface area contributed by atoms with E-state index in [1.807, 2.05) is 0 Å². The van der Waals surface area contributed by atoms with Crippen LogP contribution in [0, 0.1) is 11.8 Å². The lowest BCUT2D eigenvalue weighted by atomic mass is 9.97. The van der Waals surface area contributed by atoms with Crippen LogP contribution < -0.4 is 18.9 Å². The van der Waals surface area contributed by atoms with E-state index in [9.17, 15) is 9.59 Å². The third-order valence-corrected chi connectivity index (χ3v) is 4.72. The maximum atomic E-state index is 13.0. The molecule has 0 unspecified atom stereocenters. The standard InChI is InChI=1S/C26H22O6/c1-29-20-13-17(14-21(16-20)30-2)9-10-18-7-5-6-8-22(18)26(28)25(27)19-11-12-23(31-3)24(15-19)32-4/h5-8,11-16H,1-4H3.